The lowest BCUT2D eigenvalue weighted by atomic mass is 9.90. The molecule has 0 aromatic heterocycles. The second-order valence-electron chi connectivity index (χ2n) is 9.77. The number of hydrogen-bond acceptors (Lipinski definition) is 2. The average molecular weight is 447 g/mol. The van der Waals surface area contributed by atoms with E-state index in [0.717, 1.165) is 51.6 Å². The summed E-state index contributed by atoms with van der Waals surface area (Å²) in [5.41, 5.74) is 3.37. The minimum Gasteiger partial charge on any atom is -0.341 e. The van der Waals surface area contributed by atoms with Gasteiger partial charge in [0.15, 0.2) is 0 Å². The number of nitrogens with zero attached hydrogens (tertiary/aromatic N) is 2. The minimum atomic E-state index is -0.299. The fraction of sp³-hybridized carbons (Fsp3) is 0.517. The number of carbonyl (C=O) groups is 2. The summed E-state index contributed by atoms with van der Waals surface area (Å²) in [5.74, 6) is 0.786. The minimum absolute atomic E-state index is 0.00456. The first-order valence-electron chi connectivity index (χ1n) is 12.9. The van der Waals surface area contributed by atoms with Gasteiger partial charge < -0.3 is 9.80 Å². The Morgan fingerprint density at radius 1 is 0.848 bits per heavy atom. The summed E-state index contributed by atoms with van der Waals surface area (Å²) in [5, 5.41) is 0. The van der Waals surface area contributed by atoms with Crippen molar-refractivity contribution in [3.63, 3.8) is 0 Å². The third-order valence-electron chi connectivity index (χ3n) is 7.36. The maximum atomic E-state index is 13.3. The Morgan fingerprint density at radius 3 is 2.27 bits per heavy atom. The van der Waals surface area contributed by atoms with Gasteiger partial charge in [-0.1, -0.05) is 62.2 Å². The van der Waals surface area contributed by atoms with E-state index in [4.69, 9.17) is 0 Å². The molecular weight excluding hydrogens is 408 g/mol. The fourth-order valence-electron chi connectivity index (χ4n) is 5.34. The van der Waals surface area contributed by atoms with Gasteiger partial charge >= 0.3 is 0 Å². The van der Waals surface area contributed by atoms with Crippen LogP contribution in [-0.2, 0) is 17.6 Å². The molecule has 4 rings (SSSR count). The molecule has 0 spiro atoms. The summed E-state index contributed by atoms with van der Waals surface area (Å²) in [7, 11) is 0. The molecule has 0 saturated carbocycles. The van der Waals surface area contributed by atoms with Gasteiger partial charge in [-0.15, -0.1) is 0 Å². The van der Waals surface area contributed by atoms with Gasteiger partial charge in [0.25, 0.3) is 5.91 Å². The van der Waals surface area contributed by atoms with Gasteiger partial charge in [-0.25, -0.2) is 0 Å². The summed E-state index contributed by atoms with van der Waals surface area (Å²) < 4.78 is 0. The van der Waals surface area contributed by atoms with E-state index >= 15 is 0 Å². The largest absolute Gasteiger partial charge is 0.341 e. The molecule has 0 N–H and O–H groups in total. The third-order valence-corrected chi connectivity index (χ3v) is 7.36. The first kappa shape index (κ1) is 23.5. The maximum Gasteiger partial charge on any atom is 0.254 e. The molecule has 2 aromatic carbocycles. The summed E-state index contributed by atoms with van der Waals surface area (Å²) in [6, 6.07) is 18.4. The molecule has 0 radical (unpaired) electrons. The van der Waals surface area contributed by atoms with E-state index in [-0.39, 0.29) is 17.9 Å². The van der Waals surface area contributed by atoms with E-state index in [2.05, 4.69) is 49.4 Å². The Bertz CT molecular complexity index is 901. The van der Waals surface area contributed by atoms with Crippen molar-refractivity contribution >= 4 is 11.8 Å². The van der Waals surface area contributed by atoms with Crippen LogP contribution in [0.3, 0.4) is 0 Å². The van der Waals surface area contributed by atoms with Crippen LogP contribution in [0.2, 0.25) is 0 Å². The Kier molecular flexibility index (Phi) is 8.20. The highest BCUT2D eigenvalue weighted by molar-refractivity contribution is 5.98. The van der Waals surface area contributed by atoms with Crippen molar-refractivity contribution in [3.8, 4) is 0 Å². The van der Waals surface area contributed by atoms with Crippen molar-refractivity contribution in [2.75, 3.05) is 19.6 Å². The summed E-state index contributed by atoms with van der Waals surface area (Å²) in [4.78, 5) is 30.4. The third kappa shape index (κ3) is 6.04. The van der Waals surface area contributed by atoms with Crippen LogP contribution in [0.4, 0.5) is 0 Å². The first-order chi connectivity index (χ1) is 16.2. The second-order valence-corrected chi connectivity index (χ2v) is 9.77. The standard InChI is InChI=1S/C29H38N2O2/c1-2-3-5-9-23-13-15-26(16-14-23)28(32)31-19-8-12-27(31)29(33)30-20-17-25(18-21-30)22-24-10-6-4-7-11-24/h4,6-7,10-11,13-16,25,27H,2-3,5,8-9,12,17-22H2,1H3. The molecule has 4 nitrogen and oxygen atoms in total. The van der Waals surface area contributed by atoms with Crippen LogP contribution in [0.1, 0.15) is 73.4 Å². The van der Waals surface area contributed by atoms with Gasteiger partial charge in [-0.2, -0.15) is 0 Å². The molecule has 0 bridgehead atoms. The second kappa shape index (κ2) is 11.5. The van der Waals surface area contributed by atoms with Crippen LogP contribution in [0.5, 0.6) is 0 Å². The molecule has 2 aromatic rings. The lowest BCUT2D eigenvalue weighted by Crippen LogP contribution is -2.50. The quantitative estimate of drug-likeness (QED) is 0.502. The van der Waals surface area contributed by atoms with Gasteiger partial charge in [0.05, 0.1) is 0 Å². The Balaban J connectivity index is 1.31. The van der Waals surface area contributed by atoms with E-state index in [1.54, 1.807) is 0 Å². The van der Waals surface area contributed by atoms with Gasteiger partial charge in [-0.3, -0.25) is 9.59 Å². The Labute approximate surface area is 199 Å². The molecule has 1 unspecified atom stereocenters. The van der Waals surface area contributed by atoms with Gasteiger partial charge in [0.1, 0.15) is 6.04 Å². The molecule has 2 fully saturated rings. The van der Waals surface area contributed by atoms with Crippen LogP contribution in [0, 0.1) is 5.92 Å². The molecule has 2 saturated heterocycles. The molecule has 2 amide bonds. The lowest BCUT2D eigenvalue weighted by Gasteiger charge is -2.35. The fourth-order valence-corrected chi connectivity index (χ4v) is 5.34. The van der Waals surface area contributed by atoms with Crippen molar-refractivity contribution < 1.29 is 9.59 Å². The Morgan fingerprint density at radius 2 is 1.58 bits per heavy atom. The highest BCUT2D eigenvalue weighted by Crippen LogP contribution is 2.26. The topological polar surface area (TPSA) is 40.6 Å². The predicted molar refractivity (Wildman–Crippen MR) is 133 cm³/mol. The molecule has 33 heavy (non-hydrogen) atoms. The van der Waals surface area contributed by atoms with Crippen LogP contribution in [0.15, 0.2) is 54.6 Å². The average Bonchev–Trinajstić information content (AvgIpc) is 3.35. The number of likely N-dealkylation sites (tertiary alicyclic amines) is 2. The number of amides is 2. The molecule has 2 heterocycles. The highest BCUT2D eigenvalue weighted by Gasteiger charge is 2.37. The zero-order chi connectivity index (χ0) is 23.0. The highest BCUT2D eigenvalue weighted by atomic mass is 16.2. The predicted octanol–water partition coefficient (Wildman–Crippen LogP) is 5.51. The van der Waals surface area contributed by atoms with Crippen LogP contribution < -0.4 is 0 Å². The van der Waals surface area contributed by atoms with Crippen molar-refractivity contribution in [2.45, 2.75) is 70.8 Å². The van der Waals surface area contributed by atoms with Crippen LogP contribution in [-0.4, -0.2) is 47.3 Å². The number of unbranched alkanes of at least 4 members (excludes halogenated alkanes) is 2. The van der Waals surface area contributed by atoms with Gasteiger partial charge in [0.2, 0.25) is 5.91 Å². The SMILES string of the molecule is CCCCCc1ccc(C(=O)N2CCCC2C(=O)N2CCC(Cc3ccccc3)CC2)cc1. The Hall–Kier alpha value is -2.62. The number of benzene rings is 2. The zero-order valence-electron chi connectivity index (χ0n) is 20.0. The van der Waals surface area contributed by atoms with Crippen LogP contribution in [0.25, 0.3) is 0 Å². The number of aryl methyl sites for hydroxylation is 1. The van der Waals surface area contributed by atoms with E-state index in [1.165, 1.54) is 30.4 Å². The van der Waals surface area contributed by atoms with Crippen molar-refractivity contribution in [1.82, 2.24) is 9.80 Å². The van der Waals surface area contributed by atoms with E-state index in [9.17, 15) is 9.59 Å². The van der Waals surface area contributed by atoms with Crippen molar-refractivity contribution in [2.24, 2.45) is 5.92 Å². The van der Waals surface area contributed by atoms with Crippen LogP contribution >= 0.6 is 0 Å². The smallest absolute Gasteiger partial charge is 0.254 e. The lowest BCUT2D eigenvalue weighted by molar-refractivity contribution is -0.136. The molecule has 1 atom stereocenters. The van der Waals surface area contributed by atoms with E-state index in [0.29, 0.717) is 18.0 Å². The maximum absolute atomic E-state index is 13.3. The number of hydrogen-bond donors (Lipinski definition) is 0. The molecule has 176 valence electrons. The zero-order valence-corrected chi connectivity index (χ0v) is 20.0. The van der Waals surface area contributed by atoms with Crippen molar-refractivity contribution in [3.05, 3.63) is 71.3 Å². The monoisotopic (exact) mass is 446 g/mol. The number of carbonyl (C=O) groups excluding carboxylic acids is 2. The number of piperidine rings is 1. The molecule has 2 aliphatic heterocycles. The molecule has 0 aliphatic carbocycles. The first-order valence-corrected chi connectivity index (χ1v) is 12.9. The van der Waals surface area contributed by atoms with Crippen molar-refractivity contribution in [1.29, 1.82) is 0 Å². The molecule has 4 heteroatoms. The summed E-state index contributed by atoms with van der Waals surface area (Å²) in [6.45, 7) is 4.50. The normalized spacial score (nSPS) is 19.1. The summed E-state index contributed by atoms with van der Waals surface area (Å²) >= 11 is 0. The van der Waals surface area contributed by atoms with E-state index < -0.39 is 0 Å². The molecular formula is C29H38N2O2. The summed E-state index contributed by atoms with van der Waals surface area (Å²) in [6.07, 6.45) is 9.56. The van der Waals surface area contributed by atoms with Gasteiger partial charge in [0, 0.05) is 25.2 Å². The number of rotatable bonds is 8. The van der Waals surface area contributed by atoms with Gasteiger partial charge in [-0.05, 0) is 74.1 Å². The molecule has 2 aliphatic rings. The van der Waals surface area contributed by atoms with E-state index in [1.807, 2.05) is 21.9 Å².